The second-order valence-electron chi connectivity index (χ2n) is 9.50. The normalized spacial score (nSPS) is 18.1. The van der Waals surface area contributed by atoms with Gasteiger partial charge in [-0.2, -0.15) is 0 Å². The van der Waals surface area contributed by atoms with Gasteiger partial charge in [-0.3, -0.25) is 14.5 Å². The average Bonchev–Trinajstić information content (AvgIpc) is 3.21. The molecule has 1 amide bonds. The predicted octanol–water partition coefficient (Wildman–Crippen LogP) is 5.13. The quantitative estimate of drug-likeness (QED) is 0.265. The number of hydrogen-bond donors (Lipinski definition) is 1. The molecule has 3 aromatic carbocycles. The summed E-state index contributed by atoms with van der Waals surface area (Å²) in [6, 6.07) is 18.1. The van der Waals surface area contributed by atoms with Crippen LogP contribution in [0, 0.1) is 5.92 Å². The Balaban J connectivity index is 1.60. The minimum absolute atomic E-state index is 0.0167. The van der Waals surface area contributed by atoms with Crippen molar-refractivity contribution >= 4 is 23.1 Å². The van der Waals surface area contributed by atoms with Crippen molar-refractivity contribution in [3.05, 3.63) is 83.4 Å². The van der Waals surface area contributed by atoms with E-state index in [0.29, 0.717) is 65.6 Å². The SMILES string of the molecule is COc1ccc(C2/C(=C(/O)c3ccc4c(c3)OCCO4)C(=O)C(=O)N2c2ccc(OCC(C)C)cc2)cc1. The number of amides is 1. The summed E-state index contributed by atoms with van der Waals surface area (Å²) in [5.41, 5.74) is 1.48. The summed E-state index contributed by atoms with van der Waals surface area (Å²) in [7, 11) is 1.56. The van der Waals surface area contributed by atoms with Crippen molar-refractivity contribution in [2.24, 2.45) is 5.92 Å². The molecule has 0 aliphatic carbocycles. The molecule has 5 rings (SSSR count). The number of rotatable bonds is 7. The zero-order valence-electron chi connectivity index (χ0n) is 21.5. The molecule has 0 spiro atoms. The van der Waals surface area contributed by atoms with Gasteiger partial charge in [-0.05, 0) is 66.1 Å². The summed E-state index contributed by atoms with van der Waals surface area (Å²) >= 11 is 0. The van der Waals surface area contributed by atoms with Gasteiger partial charge in [0.25, 0.3) is 11.7 Å². The Morgan fingerprint density at radius 2 is 1.61 bits per heavy atom. The highest BCUT2D eigenvalue weighted by Crippen LogP contribution is 2.43. The number of fused-ring (bicyclic) bond motifs is 1. The Labute approximate surface area is 221 Å². The highest BCUT2D eigenvalue weighted by atomic mass is 16.6. The van der Waals surface area contributed by atoms with Crippen molar-refractivity contribution < 1.29 is 33.6 Å². The van der Waals surface area contributed by atoms with E-state index < -0.39 is 17.7 Å². The monoisotopic (exact) mass is 515 g/mol. The smallest absolute Gasteiger partial charge is 0.300 e. The third-order valence-electron chi connectivity index (χ3n) is 6.39. The number of ketones is 1. The summed E-state index contributed by atoms with van der Waals surface area (Å²) in [4.78, 5) is 28.3. The highest BCUT2D eigenvalue weighted by Gasteiger charge is 2.47. The lowest BCUT2D eigenvalue weighted by molar-refractivity contribution is -0.132. The topological polar surface area (TPSA) is 94.5 Å². The molecule has 0 radical (unpaired) electrons. The van der Waals surface area contributed by atoms with Crippen molar-refractivity contribution in [2.45, 2.75) is 19.9 Å². The number of nitrogens with zero attached hydrogens (tertiary/aromatic N) is 1. The molecule has 0 saturated carbocycles. The Morgan fingerprint density at radius 3 is 2.26 bits per heavy atom. The van der Waals surface area contributed by atoms with Gasteiger partial charge >= 0.3 is 0 Å². The number of Topliss-reactive ketones (excluding diaryl/α,β-unsaturated/α-hetero) is 1. The number of hydrogen-bond acceptors (Lipinski definition) is 7. The molecule has 38 heavy (non-hydrogen) atoms. The van der Waals surface area contributed by atoms with Gasteiger partial charge < -0.3 is 24.1 Å². The van der Waals surface area contributed by atoms with E-state index in [1.54, 1.807) is 73.8 Å². The van der Waals surface area contributed by atoms with E-state index in [2.05, 4.69) is 13.8 Å². The fourth-order valence-corrected chi connectivity index (χ4v) is 4.51. The maximum Gasteiger partial charge on any atom is 0.300 e. The molecule has 1 fully saturated rings. The first kappa shape index (κ1) is 25.2. The Morgan fingerprint density at radius 1 is 0.947 bits per heavy atom. The van der Waals surface area contributed by atoms with Gasteiger partial charge in [0.1, 0.15) is 30.5 Å². The highest BCUT2D eigenvalue weighted by molar-refractivity contribution is 6.51. The molecule has 0 aromatic heterocycles. The summed E-state index contributed by atoms with van der Waals surface area (Å²) in [6.45, 7) is 5.49. The standard InChI is InChI=1S/C30H29NO7/c1-18(2)17-38-23-11-7-21(8-12-23)31-27(19-4-9-22(35-3)10-5-19)26(29(33)30(31)34)28(32)20-6-13-24-25(16-20)37-15-14-36-24/h4-13,16,18,27,32H,14-15,17H2,1-3H3/b28-26-. The van der Waals surface area contributed by atoms with Crippen molar-refractivity contribution in [3.63, 3.8) is 0 Å². The minimum atomic E-state index is -0.864. The summed E-state index contributed by atoms with van der Waals surface area (Å²) in [6.07, 6.45) is 0. The molecule has 1 unspecified atom stereocenters. The van der Waals surface area contributed by atoms with Crippen LogP contribution in [-0.2, 0) is 9.59 Å². The van der Waals surface area contributed by atoms with Crippen LogP contribution in [0.3, 0.4) is 0 Å². The molecule has 8 nitrogen and oxygen atoms in total. The van der Waals surface area contributed by atoms with Gasteiger partial charge in [0.05, 0.1) is 25.3 Å². The number of aliphatic hydroxyl groups excluding tert-OH is 1. The zero-order valence-corrected chi connectivity index (χ0v) is 21.5. The van der Waals surface area contributed by atoms with E-state index in [1.807, 2.05) is 0 Å². The van der Waals surface area contributed by atoms with E-state index in [1.165, 1.54) is 4.90 Å². The van der Waals surface area contributed by atoms with Crippen LogP contribution in [0.4, 0.5) is 5.69 Å². The first-order valence-corrected chi connectivity index (χ1v) is 12.4. The van der Waals surface area contributed by atoms with E-state index in [9.17, 15) is 14.7 Å². The molecule has 3 aromatic rings. The Hall–Kier alpha value is -4.46. The molecule has 2 aliphatic heterocycles. The van der Waals surface area contributed by atoms with Crippen LogP contribution in [0.1, 0.15) is 31.0 Å². The third-order valence-corrected chi connectivity index (χ3v) is 6.39. The summed E-state index contributed by atoms with van der Waals surface area (Å²) < 4.78 is 22.3. The summed E-state index contributed by atoms with van der Waals surface area (Å²) in [5, 5.41) is 11.4. The minimum Gasteiger partial charge on any atom is -0.507 e. The number of anilines is 1. The van der Waals surface area contributed by atoms with E-state index in [4.69, 9.17) is 18.9 Å². The molecular weight excluding hydrogens is 486 g/mol. The Bertz CT molecular complexity index is 1380. The second kappa shape index (κ2) is 10.5. The number of ether oxygens (including phenoxy) is 4. The maximum absolute atomic E-state index is 13.4. The van der Waals surface area contributed by atoms with Crippen LogP contribution in [0.25, 0.3) is 5.76 Å². The molecule has 2 aliphatic rings. The fraction of sp³-hybridized carbons (Fsp3) is 0.267. The molecule has 0 bridgehead atoms. The molecule has 196 valence electrons. The Kier molecular flexibility index (Phi) is 6.96. The molecule has 8 heteroatoms. The summed E-state index contributed by atoms with van der Waals surface area (Å²) in [5.74, 6) is 0.871. The van der Waals surface area contributed by atoms with Gasteiger partial charge in [-0.1, -0.05) is 26.0 Å². The van der Waals surface area contributed by atoms with Gasteiger partial charge in [0, 0.05) is 11.3 Å². The van der Waals surface area contributed by atoms with Gasteiger partial charge in [-0.15, -0.1) is 0 Å². The number of carbonyl (C=O) groups excluding carboxylic acids is 2. The van der Waals surface area contributed by atoms with Crippen LogP contribution < -0.4 is 23.8 Å². The van der Waals surface area contributed by atoms with Gasteiger partial charge in [0.15, 0.2) is 11.5 Å². The number of aliphatic hydroxyl groups is 1. The molecular formula is C30H29NO7. The van der Waals surface area contributed by atoms with E-state index in [0.717, 1.165) is 0 Å². The van der Waals surface area contributed by atoms with Crippen LogP contribution in [0.2, 0.25) is 0 Å². The third kappa shape index (κ3) is 4.77. The fourth-order valence-electron chi connectivity index (χ4n) is 4.51. The molecule has 1 N–H and O–H groups in total. The first-order chi connectivity index (χ1) is 18.4. The number of benzene rings is 3. The van der Waals surface area contributed by atoms with Crippen LogP contribution in [0.15, 0.2) is 72.3 Å². The lowest BCUT2D eigenvalue weighted by Crippen LogP contribution is -2.29. The lowest BCUT2D eigenvalue weighted by atomic mass is 9.95. The van der Waals surface area contributed by atoms with E-state index >= 15 is 0 Å². The molecule has 1 saturated heterocycles. The van der Waals surface area contributed by atoms with Crippen molar-refractivity contribution in [1.82, 2.24) is 0 Å². The first-order valence-electron chi connectivity index (χ1n) is 12.4. The molecule has 2 heterocycles. The van der Waals surface area contributed by atoms with Crippen LogP contribution in [-0.4, -0.2) is 43.7 Å². The number of methoxy groups -OCH3 is 1. The lowest BCUT2D eigenvalue weighted by Gasteiger charge is -2.26. The maximum atomic E-state index is 13.4. The number of carbonyl (C=O) groups is 2. The van der Waals surface area contributed by atoms with E-state index in [-0.39, 0.29) is 11.3 Å². The average molecular weight is 516 g/mol. The molecule has 1 atom stereocenters. The predicted molar refractivity (Wildman–Crippen MR) is 142 cm³/mol. The van der Waals surface area contributed by atoms with Gasteiger partial charge in [-0.25, -0.2) is 0 Å². The van der Waals surface area contributed by atoms with Crippen molar-refractivity contribution in [1.29, 1.82) is 0 Å². The zero-order chi connectivity index (χ0) is 26.8. The van der Waals surface area contributed by atoms with Crippen LogP contribution >= 0.6 is 0 Å². The van der Waals surface area contributed by atoms with Gasteiger partial charge in [0.2, 0.25) is 0 Å². The van der Waals surface area contributed by atoms with Crippen molar-refractivity contribution in [2.75, 3.05) is 31.8 Å². The van der Waals surface area contributed by atoms with Crippen LogP contribution in [0.5, 0.6) is 23.0 Å². The largest absolute Gasteiger partial charge is 0.507 e. The van der Waals surface area contributed by atoms with Crippen molar-refractivity contribution in [3.8, 4) is 23.0 Å². The second-order valence-corrected chi connectivity index (χ2v) is 9.50.